The maximum atomic E-state index is 15.3. The maximum absolute atomic E-state index is 15.3. The van der Waals surface area contributed by atoms with E-state index in [-0.39, 0.29) is 29.0 Å². The molecule has 2 saturated heterocycles. The fourth-order valence-electron chi connectivity index (χ4n) is 6.28. The number of alkyl halides is 3. The van der Waals surface area contributed by atoms with Crippen molar-refractivity contribution >= 4 is 16.9 Å². The van der Waals surface area contributed by atoms with E-state index in [1.165, 1.54) is 18.3 Å². The summed E-state index contributed by atoms with van der Waals surface area (Å²) in [5, 5.41) is 0.893. The van der Waals surface area contributed by atoms with Crippen LogP contribution in [0.1, 0.15) is 52.4 Å². The predicted octanol–water partition coefficient (Wildman–Crippen LogP) is 5.37. The van der Waals surface area contributed by atoms with Crippen LogP contribution < -0.4 is 4.74 Å². The lowest BCUT2D eigenvalue weighted by atomic mass is 9.75. The van der Waals surface area contributed by atoms with E-state index in [1.807, 2.05) is 0 Å². The molecule has 0 spiro atoms. The lowest BCUT2D eigenvalue weighted by Gasteiger charge is -2.36. The van der Waals surface area contributed by atoms with Crippen LogP contribution in [0.25, 0.3) is 11.0 Å². The van der Waals surface area contributed by atoms with Crippen molar-refractivity contribution in [2.45, 2.75) is 44.4 Å². The first-order valence-electron chi connectivity index (χ1n) is 12.7. The number of H-pyrrole nitrogens is 1. The van der Waals surface area contributed by atoms with E-state index in [0.717, 1.165) is 66.9 Å². The van der Waals surface area contributed by atoms with Crippen LogP contribution in [-0.2, 0) is 17.6 Å². The zero-order valence-corrected chi connectivity index (χ0v) is 20.1. The third-order valence-electron chi connectivity index (χ3n) is 8.10. The Labute approximate surface area is 211 Å². The van der Waals surface area contributed by atoms with Crippen molar-refractivity contribution in [3.05, 3.63) is 58.7 Å². The second-order valence-corrected chi connectivity index (χ2v) is 10.3. The van der Waals surface area contributed by atoms with Crippen molar-refractivity contribution < 1.29 is 31.8 Å². The highest BCUT2D eigenvalue weighted by atomic mass is 19.4. The normalized spacial score (nSPS) is 22.5. The van der Waals surface area contributed by atoms with Gasteiger partial charge in [0.05, 0.1) is 6.20 Å². The number of hydrogen-bond acceptors (Lipinski definition) is 4. The number of likely N-dealkylation sites (tertiary alicyclic amines) is 1. The van der Waals surface area contributed by atoms with Gasteiger partial charge in [-0.1, -0.05) is 0 Å². The van der Waals surface area contributed by atoms with Crippen LogP contribution in [0.5, 0.6) is 5.75 Å². The molecule has 1 N–H and O–H groups in total. The van der Waals surface area contributed by atoms with Crippen LogP contribution in [0.3, 0.4) is 0 Å². The summed E-state index contributed by atoms with van der Waals surface area (Å²) in [6.45, 7) is 2.38. The second kappa shape index (κ2) is 9.31. The number of carbonyl (C=O) groups is 1. The van der Waals surface area contributed by atoms with Gasteiger partial charge in [-0.15, -0.1) is 13.2 Å². The van der Waals surface area contributed by atoms with Crippen LogP contribution in [0.15, 0.2) is 30.5 Å². The van der Waals surface area contributed by atoms with Gasteiger partial charge in [-0.2, -0.15) is 0 Å². The fourth-order valence-corrected chi connectivity index (χ4v) is 6.28. The maximum Gasteiger partial charge on any atom is 0.573 e. The molecular weight excluding hydrogens is 490 g/mol. The molecule has 0 bridgehead atoms. The Kier molecular flexibility index (Phi) is 6.09. The van der Waals surface area contributed by atoms with Crippen LogP contribution in [0.4, 0.5) is 17.6 Å². The molecule has 1 amide bonds. The van der Waals surface area contributed by atoms with Crippen LogP contribution >= 0.6 is 0 Å². The van der Waals surface area contributed by atoms with Gasteiger partial charge in [0.2, 0.25) is 0 Å². The number of piperidine rings is 1. The van der Waals surface area contributed by atoms with Crippen molar-refractivity contribution in [2.24, 2.45) is 11.8 Å². The number of hydrogen-bond donors (Lipinski definition) is 1. The molecule has 1 aliphatic carbocycles. The Morgan fingerprint density at radius 2 is 1.84 bits per heavy atom. The zero-order valence-electron chi connectivity index (χ0n) is 20.1. The molecule has 6 rings (SSSR count). The average molecular weight is 518 g/mol. The number of aromatic amines is 1. The molecule has 10 heteroatoms. The SMILES string of the molecule is O=C(c1ccc(OC(F)(F)F)cc1)N1CCC(c2c(F)cnc3[nH]c4c(c23)CC2COCCC2C4)CC1. The van der Waals surface area contributed by atoms with E-state index >= 15 is 4.39 Å². The highest BCUT2D eigenvalue weighted by molar-refractivity contribution is 5.94. The number of nitrogens with one attached hydrogen (secondary N) is 1. The van der Waals surface area contributed by atoms with Crippen molar-refractivity contribution in [1.82, 2.24) is 14.9 Å². The van der Waals surface area contributed by atoms with Crippen molar-refractivity contribution in [1.29, 1.82) is 0 Å². The molecule has 0 saturated carbocycles. The third kappa shape index (κ3) is 4.67. The molecule has 6 nitrogen and oxygen atoms in total. The Balaban J connectivity index is 1.20. The molecule has 2 unspecified atom stereocenters. The summed E-state index contributed by atoms with van der Waals surface area (Å²) in [7, 11) is 0. The van der Waals surface area contributed by atoms with E-state index in [4.69, 9.17) is 4.74 Å². The molecule has 4 heterocycles. The van der Waals surface area contributed by atoms with Crippen LogP contribution in [0.2, 0.25) is 0 Å². The van der Waals surface area contributed by atoms with Gasteiger partial charge in [0.25, 0.3) is 5.91 Å². The molecule has 196 valence electrons. The number of carbonyl (C=O) groups excluding carboxylic acids is 1. The average Bonchev–Trinajstić information content (AvgIpc) is 3.24. The molecule has 37 heavy (non-hydrogen) atoms. The number of ether oxygens (including phenoxy) is 2. The topological polar surface area (TPSA) is 67.5 Å². The summed E-state index contributed by atoms with van der Waals surface area (Å²) < 4.78 is 62.1. The van der Waals surface area contributed by atoms with Gasteiger partial charge in [0.15, 0.2) is 0 Å². The van der Waals surface area contributed by atoms with Gasteiger partial charge in [0.1, 0.15) is 17.2 Å². The first-order chi connectivity index (χ1) is 17.8. The summed E-state index contributed by atoms with van der Waals surface area (Å²) in [6.07, 6.45) is 0.505. The second-order valence-electron chi connectivity index (χ2n) is 10.3. The Morgan fingerprint density at radius 1 is 1.08 bits per heavy atom. The first kappa shape index (κ1) is 24.2. The zero-order chi connectivity index (χ0) is 25.7. The minimum absolute atomic E-state index is 0.0580. The quantitative estimate of drug-likeness (QED) is 0.475. The highest BCUT2D eigenvalue weighted by Gasteiger charge is 2.36. The van der Waals surface area contributed by atoms with Crippen molar-refractivity contribution in [3.63, 3.8) is 0 Å². The molecule has 3 aromatic rings. The fraction of sp³-hybridized carbons (Fsp3) is 0.481. The van der Waals surface area contributed by atoms with E-state index in [0.29, 0.717) is 43.3 Å². The van der Waals surface area contributed by atoms with Gasteiger partial charge in [-0.25, -0.2) is 9.37 Å². The van der Waals surface area contributed by atoms with Gasteiger partial charge in [-0.05, 0) is 79.7 Å². The minimum Gasteiger partial charge on any atom is -0.406 e. The third-order valence-corrected chi connectivity index (χ3v) is 8.10. The lowest BCUT2D eigenvalue weighted by molar-refractivity contribution is -0.274. The van der Waals surface area contributed by atoms with Crippen molar-refractivity contribution in [2.75, 3.05) is 26.3 Å². The Bertz CT molecular complexity index is 1310. The molecule has 3 aliphatic rings. The summed E-state index contributed by atoms with van der Waals surface area (Å²) in [5.41, 5.74) is 4.00. The number of nitrogens with zero attached hydrogens (tertiary/aromatic N) is 2. The van der Waals surface area contributed by atoms with E-state index in [1.54, 1.807) is 4.90 Å². The summed E-state index contributed by atoms with van der Waals surface area (Å²) in [4.78, 5) is 22.5. The summed E-state index contributed by atoms with van der Waals surface area (Å²) in [5.74, 6) is -0.00556. The monoisotopic (exact) mass is 517 g/mol. The number of halogens is 4. The standard InChI is InChI=1S/C27H27F4N3O3/c28-21-13-32-25-24(20-11-18-14-36-10-7-17(18)12-22(20)33-25)23(21)15-5-8-34(9-6-15)26(35)16-1-3-19(4-2-16)37-27(29,30)31/h1-4,13,15,17-18H,5-12,14H2,(H,32,33). The van der Waals surface area contributed by atoms with E-state index in [2.05, 4.69) is 14.7 Å². The molecule has 2 atom stereocenters. The largest absolute Gasteiger partial charge is 0.573 e. The number of amides is 1. The van der Waals surface area contributed by atoms with Gasteiger partial charge >= 0.3 is 6.36 Å². The summed E-state index contributed by atoms with van der Waals surface area (Å²) in [6, 6.07) is 4.92. The van der Waals surface area contributed by atoms with Crippen LogP contribution in [-0.4, -0.2) is 53.4 Å². The molecule has 2 aliphatic heterocycles. The highest BCUT2D eigenvalue weighted by Crippen LogP contribution is 2.42. The number of pyridine rings is 1. The summed E-state index contributed by atoms with van der Waals surface area (Å²) >= 11 is 0. The molecule has 0 radical (unpaired) electrons. The molecule has 2 aromatic heterocycles. The number of rotatable bonds is 3. The van der Waals surface area contributed by atoms with Crippen LogP contribution in [0, 0.1) is 17.7 Å². The Morgan fingerprint density at radius 3 is 2.57 bits per heavy atom. The van der Waals surface area contributed by atoms with Gasteiger partial charge in [0, 0.05) is 48.5 Å². The minimum atomic E-state index is -4.79. The van der Waals surface area contributed by atoms with E-state index in [9.17, 15) is 18.0 Å². The van der Waals surface area contributed by atoms with E-state index < -0.39 is 6.36 Å². The first-order valence-corrected chi connectivity index (χ1v) is 12.7. The van der Waals surface area contributed by atoms with Gasteiger partial charge < -0.3 is 19.4 Å². The number of aromatic nitrogens is 2. The molecular formula is C27H27F4N3O3. The Hall–Kier alpha value is -3.14. The predicted molar refractivity (Wildman–Crippen MR) is 127 cm³/mol. The molecule has 2 fully saturated rings. The number of fused-ring (bicyclic) bond motifs is 4. The van der Waals surface area contributed by atoms with Crippen molar-refractivity contribution in [3.8, 4) is 5.75 Å². The van der Waals surface area contributed by atoms with Gasteiger partial charge in [-0.3, -0.25) is 4.79 Å². The lowest BCUT2D eigenvalue weighted by Crippen LogP contribution is -2.38. The molecule has 1 aromatic carbocycles. The number of benzene rings is 1. The smallest absolute Gasteiger partial charge is 0.406 e.